The van der Waals surface area contributed by atoms with Crippen LogP contribution in [0.4, 0.5) is 4.39 Å². The van der Waals surface area contributed by atoms with Gasteiger partial charge in [-0.3, -0.25) is 9.78 Å². The molecule has 0 saturated heterocycles. The van der Waals surface area contributed by atoms with Crippen LogP contribution >= 0.6 is 0 Å². The summed E-state index contributed by atoms with van der Waals surface area (Å²) in [6, 6.07) is 16.2. The Morgan fingerprint density at radius 3 is 2.58 bits per heavy atom. The molecule has 0 aliphatic heterocycles. The van der Waals surface area contributed by atoms with Crippen LogP contribution in [0, 0.1) is 5.82 Å². The van der Waals surface area contributed by atoms with Crippen LogP contribution in [0.2, 0.25) is 0 Å². The van der Waals surface area contributed by atoms with Crippen molar-refractivity contribution in [3.05, 3.63) is 72.8 Å². The Labute approximate surface area is 175 Å². The molecule has 2 aromatic carbocycles. The summed E-state index contributed by atoms with van der Waals surface area (Å²) in [5, 5.41) is 11.7. The topological polar surface area (TPSA) is 88.1 Å². The molecule has 2 N–H and O–H groups in total. The lowest BCUT2D eigenvalue weighted by Gasteiger charge is -2.03. The fourth-order valence-electron chi connectivity index (χ4n) is 3.82. The quantitative estimate of drug-likeness (QED) is 0.443. The number of nitrogens with one attached hydrogen (secondary N) is 2. The molecule has 0 bridgehead atoms. The number of benzene rings is 2. The number of nitrogens with zero attached hydrogens (tertiary/aromatic N) is 5. The van der Waals surface area contributed by atoms with E-state index in [1.54, 1.807) is 23.0 Å². The number of imidazole rings is 1. The summed E-state index contributed by atoms with van der Waals surface area (Å²) >= 11 is 0. The standard InChI is InChI=1S/C23H16FN7/c1-31-12-13(11-25-31)17-9-10-19-21(26-17)22(30-29-19)23-27-18-8-4-6-15(20(18)28-23)14-5-2-3-7-16(14)24/h2-12H,1H3,(H,27,28)(H,29,30). The molecule has 6 rings (SSSR count). The van der Waals surface area contributed by atoms with E-state index in [1.807, 2.05) is 49.6 Å². The van der Waals surface area contributed by atoms with E-state index in [0.717, 1.165) is 27.9 Å². The lowest BCUT2D eigenvalue weighted by molar-refractivity contribution is 0.631. The number of halogens is 1. The fourth-order valence-corrected chi connectivity index (χ4v) is 3.82. The van der Waals surface area contributed by atoms with Gasteiger partial charge in [0.25, 0.3) is 0 Å². The van der Waals surface area contributed by atoms with Crippen LogP contribution < -0.4 is 0 Å². The van der Waals surface area contributed by atoms with Crippen LogP contribution in [0.15, 0.2) is 67.0 Å². The number of H-pyrrole nitrogens is 2. The van der Waals surface area contributed by atoms with Gasteiger partial charge in [-0.05, 0) is 24.3 Å². The zero-order valence-electron chi connectivity index (χ0n) is 16.5. The molecule has 6 aromatic rings. The highest BCUT2D eigenvalue weighted by Crippen LogP contribution is 2.32. The van der Waals surface area contributed by atoms with Gasteiger partial charge in [0.2, 0.25) is 0 Å². The zero-order chi connectivity index (χ0) is 20.9. The Bertz CT molecular complexity index is 1570. The van der Waals surface area contributed by atoms with E-state index in [9.17, 15) is 4.39 Å². The second kappa shape index (κ2) is 6.60. The molecule has 0 unspecified atom stereocenters. The summed E-state index contributed by atoms with van der Waals surface area (Å²) < 4.78 is 16.2. The summed E-state index contributed by atoms with van der Waals surface area (Å²) in [4.78, 5) is 12.9. The van der Waals surface area contributed by atoms with Crippen molar-refractivity contribution in [2.24, 2.45) is 7.05 Å². The molecule has 0 atom stereocenters. The van der Waals surface area contributed by atoms with Crippen LogP contribution in [-0.2, 0) is 7.05 Å². The Morgan fingerprint density at radius 2 is 1.74 bits per heavy atom. The SMILES string of the molecule is Cn1cc(-c2ccc3[nH]nc(-c4nc5c(-c6ccccc6F)cccc5[nH]4)c3n2)cn1. The van der Waals surface area contributed by atoms with Gasteiger partial charge in [0.05, 0.1) is 28.4 Å². The van der Waals surface area contributed by atoms with Crippen molar-refractivity contribution < 1.29 is 4.39 Å². The minimum atomic E-state index is -0.285. The number of hydrogen-bond donors (Lipinski definition) is 2. The summed E-state index contributed by atoms with van der Waals surface area (Å²) in [5.41, 5.74) is 6.55. The van der Waals surface area contributed by atoms with Crippen molar-refractivity contribution >= 4 is 22.1 Å². The lowest BCUT2D eigenvalue weighted by atomic mass is 10.0. The van der Waals surface area contributed by atoms with Gasteiger partial charge in [-0.1, -0.05) is 30.3 Å². The fraction of sp³-hybridized carbons (Fsp3) is 0.0435. The number of hydrogen-bond acceptors (Lipinski definition) is 4. The van der Waals surface area contributed by atoms with E-state index in [-0.39, 0.29) is 5.82 Å². The maximum absolute atomic E-state index is 14.4. The highest BCUT2D eigenvalue weighted by Gasteiger charge is 2.17. The third-order valence-corrected chi connectivity index (χ3v) is 5.31. The van der Waals surface area contributed by atoms with E-state index in [0.29, 0.717) is 28.1 Å². The van der Waals surface area contributed by atoms with Gasteiger partial charge in [0.1, 0.15) is 11.3 Å². The summed E-state index contributed by atoms with van der Waals surface area (Å²) in [7, 11) is 1.87. The monoisotopic (exact) mass is 409 g/mol. The predicted octanol–water partition coefficient (Wildman–Crippen LogP) is 4.71. The van der Waals surface area contributed by atoms with Gasteiger partial charge in [-0.15, -0.1) is 0 Å². The highest BCUT2D eigenvalue weighted by atomic mass is 19.1. The lowest BCUT2D eigenvalue weighted by Crippen LogP contribution is -1.87. The maximum atomic E-state index is 14.4. The van der Waals surface area contributed by atoms with Crippen molar-refractivity contribution in [3.8, 4) is 33.9 Å². The molecule has 0 saturated carbocycles. The average Bonchev–Trinajstić information content (AvgIpc) is 3.50. The first-order valence-electron chi connectivity index (χ1n) is 9.75. The van der Waals surface area contributed by atoms with Crippen LogP contribution in [0.5, 0.6) is 0 Å². The maximum Gasteiger partial charge on any atom is 0.161 e. The molecule has 0 aliphatic carbocycles. The first-order chi connectivity index (χ1) is 15.2. The Morgan fingerprint density at radius 1 is 0.871 bits per heavy atom. The smallest absolute Gasteiger partial charge is 0.161 e. The molecule has 4 heterocycles. The summed E-state index contributed by atoms with van der Waals surface area (Å²) in [6.07, 6.45) is 3.69. The van der Waals surface area contributed by atoms with E-state index in [4.69, 9.17) is 9.97 Å². The van der Waals surface area contributed by atoms with Crippen molar-refractivity contribution in [3.63, 3.8) is 0 Å². The molecule has 7 nitrogen and oxygen atoms in total. The number of aryl methyl sites for hydroxylation is 1. The number of aromatic amines is 2. The van der Waals surface area contributed by atoms with Crippen LogP contribution in [0.1, 0.15) is 0 Å². The molecule has 0 radical (unpaired) electrons. The predicted molar refractivity (Wildman–Crippen MR) is 117 cm³/mol. The zero-order valence-corrected chi connectivity index (χ0v) is 16.5. The molecule has 8 heteroatoms. The van der Waals surface area contributed by atoms with Crippen LogP contribution in [-0.4, -0.2) is 34.9 Å². The molecule has 0 spiro atoms. The molecule has 4 aromatic heterocycles. The Kier molecular flexibility index (Phi) is 3.73. The first-order valence-corrected chi connectivity index (χ1v) is 9.75. The second-order valence-electron chi connectivity index (χ2n) is 7.33. The summed E-state index contributed by atoms with van der Waals surface area (Å²) in [5.74, 6) is 0.286. The van der Waals surface area contributed by atoms with Crippen molar-refractivity contribution in [1.29, 1.82) is 0 Å². The third kappa shape index (κ3) is 2.80. The van der Waals surface area contributed by atoms with Gasteiger partial charge in [0.15, 0.2) is 11.5 Å². The van der Waals surface area contributed by atoms with Gasteiger partial charge in [0, 0.05) is 29.9 Å². The molecule has 150 valence electrons. The van der Waals surface area contributed by atoms with E-state index in [2.05, 4.69) is 20.3 Å². The Balaban J connectivity index is 1.52. The Hall–Kier alpha value is -4.33. The number of fused-ring (bicyclic) bond motifs is 2. The molecule has 31 heavy (non-hydrogen) atoms. The van der Waals surface area contributed by atoms with Crippen molar-refractivity contribution in [2.75, 3.05) is 0 Å². The third-order valence-electron chi connectivity index (χ3n) is 5.31. The summed E-state index contributed by atoms with van der Waals surface area (Å²) in [6.45, 7) is 0. The molecular weight excluding hydrogens is 393 g/mol. The van der Waals surface area contributed by atoms with E-state index < -0.39 is 0 Å². The molecule has 0 amide bonds. The average molecular weight is 409 g/mol. The van der Waals surface area contributed by atoms with E-state index in [1.165, 1.54) is 6.07 Å². The molecule has 0 aliphatic rings. The number of rotatable bonds is 3. The van der Waals surface area contributed by atoms with Gasteiger partial charge in [-0.2, -0.15) is 10.2 Å². The minimum Gasteiger partial charge on any atom is -0.336 e. The molecular formula is C23H16FN7. The van der Waals surface area contributed by atoms with Crippen molar-refractivity contribution in [1.82, 2.24) is 34.9 Å². The molecule has 0 fully saturated rings. The largest absolute Gasteiger partial charge is 0.336 e. The van der Waals surface area contributed by atoms with Crippen LogP contribution in [0.25, 0.3) is 56.0 Å². The van der Waals surface area contributed by atoms with Gasteiger partial charge in [-0.25, -0.2) is 14.4 Å². The van der Waals surface area contributed by atoms with Gasteiger partial charge >= 0.3 is 0 Å². The second-order valence-corrected chi connectivity index (χ2v) is 7.33. The number of pyridine rings is 1. The van der Waals surface area contributed by atoms with Gasteiger partial charge < -0.3 is 4.98 Å². The first kappa shape index (κ1) is 17.5. The number of para-hydroxylation sites is 1. The normalized spacial score (nSPS) is 11.5. The van der Waals surface area contributed by atoms with Crippen LogP contribution in [0.3, 0.4) is 0 Å². The number of aromatic nitrogens is 7. The highest BCUT2D eigenvalue weighted by molar-refractivity contribution is 5.96. The van der Waals surface area contributed by atoms with E-state index >= 15 is 0 Å². The van der Waals surface area contributed by atoms with Crippen molar-refractivity contribution in [2.45, 2.75) is 0 Å². The minimum absolute atomic E-state index is 0.285.